The van der Waals surface area contributed by atoms with Gasteiger partial charge in [0.25, 0.3) is 0 Å². The van der Waals surface area contributed by atoms with E-state index in [1.165, 1.54) is 0 Å². The zero-order chi connectivity index (χ0) is 21.2. The monoisotopic (exact) mass is 426 g/mol. The van der Waals surface area contributed by atoms with E-state index in [9.17, 15) is 8.78 Å². The SMILES string of the molecule is CN=C(NCCOCC1CCCO1)NC1CCCN(c2ccc(OC(F)F)cc2)C1. The fourth-order valence-electron chi connectivity index (χ4n) is 3.79. The number of benzene rings is 1. The van der Waals surface area contributed by atoms with Gasteiger partial charge in [-0.15, -0.1) is 0 Å². The molecule has 1 aromatic carbocycles. The van der Waals surface area contributed by atoms with Crippen LogP contribution in [-0.4, -0.2) is 71.2 Å². The summed E-state index contributed by atoms with van der Waals surface area (Å²) in [5.41, 5.74) is 0.994. The number of nitrogens with one attached hydrogen (secondary N) is 2. The Bertz CT molecular complexity index is 654. The van der Waals surface area contributed by atoms with E-state index in [-0.39, 0.29) is 17.9 Å². The largest absolute Gasteiger partial charge is 0.435 e. The van der Waals surface area contributed by atoms with Crippen LogP contribution in [-0.2, 0) is 9.47 Å². The van der Waals surface area contributed by atoms with Crippen LogP contribution >= 0.6 is 0 Å². The lowest BCUT2D eigenvalue weighted by Gasteiger charge is -2.35. The number of nitrogens with zero attached hydrogens (tertiary/aromatic N) is 2. The Hall–Kier alpha value is -2.13. The normalized spacial score (nSPS) is 22.4. The van der Waals surface area contributed by atoms with Crippen LogP contribution in [0, 0.1) is 0 Å². The van der Waals surface area contributed by atoms with Crippen molar-refractivity contribution in [1.29, 1.82) is 0 Å². The molecular formula is C21H32F2N4O3. The quantitative estimate of drug-likeness (QED) is 0.360. The van der Waals surface area contributed by atoms with Crippen LogP contribution in [0.25, 0.3) is 0 Å². The van der Waals surface area contributed by atoms with Crippen molar-refractivity contribution in [2.24, 2.45) is 4.99 Å². The summed E-state index contributed by atoms with van der Waals surface area (Å²) in [6.07, 6.45) is 4.52. The zero-order valence-electron chi connectivity index (χ0n) is 17.5. The van der Waals surface area contributed by atoms with Gasteiger partial charge < -0.3 is 29.7 Å². The highest BCUT2D eigenvalue weighted by Gasteiger charge is 2.21. The van der Waals surface area contributed by atoms with E-state index in [1.54, 1.807) is 19.2 Å². The van der Waals surface area contributed by atoms with Gasteiger partial charge in [0.15, 0.2) is 5.96 Å². The molecule has 2 aliphatic heterocycles. The first-order valence-corrected chi connectivity index (χ1v) is 10.6. The second-order valence-electron chi connectivity index (χ2n) is 7.51. The number of hydrogen-bond acceptors (Lipinski definition) is 5. The number of guanidine groups is 1. The van der Waals surface area contributed by atoms with Crippen molar-refractivity contribution in [1.82, 2.24) is 10.6 Å². The van der Waals surface area contributed by atoms with Crippen molar-refractivity contribution in [2.75, 3.05) is 51.4 Å². The van der Waals surface area contributed by atoms with Gasteiger partial charge in [-0.1, -0.05) is 0 Å². The highest BCUT2D eigenvalue weighted by molar-refractivity contribution is 5.80. The van der Waals surface area contributed by atoms with Crippen molar-refractivity contribution in [3.05, 3.63) is 24.3 Å². The Balaban J connectivity index is 1.39. The first kappa shape index (κ1) is 22.6. The number of hydrogen-bond donors (Lipinski definition) is 2. The molecule has 2 unspecified atom stereocenters. The summed E-state index contributed by atoms with van der Waals surface area (Å²) in [5, 5.41) is 6.76. The summed E-state index contributed by atoms with van der Waals surface area (Å²) in [4.78, 5) is 6.54. The molecule has 0 aliphatic carbocycles. The summed E-state index contributed by atoms with van der Waals surface area (Å²) in [6, 6.07) is 7.04. The lowest BCUT2D eigenvalue weighted by Crippen LogP contribution is -2.51. The molecule has 0 aromatic heterocycles. The van der Waals surface area contributed by atoms with Gasteiger partial charge >= 0.3 is 6.61 Å². The van der Waals surface area contributed by atoms with E-state index < -0.39 is 6.61 Å². The molecule has 2 aliphatic rings. The number of rotatable bonds is 9. The smallest absolute Gasteiger partial charge is 0.387 e. The van der Waals surface area contributed by atoms with Crippen LogP contribution in [0.3, 0.4) is 0 Å². The van der Waals surface area contributed by atoms with Crippen LogP contribution in [0.1, 0.15) is 25.7 Å². The third kappa shape index (κ3) is 7.28. The molecule has 0 spiro atoms. The number of piperidine rings is 1. The molecule has 0 saturated carbocycles. The number of ether oxygens (including phenoxy) is 3. The van der Waals surface area contributed by atoms with Crippen LogP contribution < -0.4 is 20.3 Å². The van der Waals surface area contributed by atoms with Crippen LogP contribution in [0.15, 0.2) is 29.3 Å². The fraction of sp³-hybridized carbons (Fsp3) is 0.667. The minimum Gasteiger partial charge on any atom is -0.435 e. The molecule has 2 heterocycles. The maximum atomic E-state index is 12.3. The molecule has 168 valence electrons. The third-order valence-electron chi connectivity index (χ3n) is 5.28. The maximum absolute atomic E-state index is 12.3. The lowest BCUT2D eigenvalue weighted by atomic mass is 10.0. The predicted molar refractivity (Wildman–Crippen MR) is 113 cm³/mol. The molecule has 3 rings (SSSR count). The standard InChI is InChI=1S/C21H32F2N4O3/c1-24-21(25-10-13-28-15-19-5-3-12-29-19)26-16-4-2-11-27(14-16)17-6-8-18(9-7-17)30-20(22)23/h6-9,16,19-20H,2-5,10-15H2,1H3,(H2,24,25,26). The van der Waals surface area contributed by atoms with Gasteiger partial charge in [-0.3, -0.25) is 4.99 Å². The van der Waals surface area contributed by atoms with Crippen molar-refractivity contribution in [3.63, 3.8) is 0 Å². The predicted octanol–water partition coefficient (Wildman–Crippen LogP) is 2.62. The van der Waals surface area contributed by atoms with Crippen LogP contribution in [0.2, 0.25) is 0 Å². The van der Waals surface area contributed by atoms with Gasteiger partial charge in [0, 0.05) is 45.0 Å². The Labute approximate surface area is 176 Å². The Morgan fingerprint density at radius 3 is 2.80 bits per heavy atom. The van der Waals surface area contributed by atoms with E-state index in [1.807, 2.05) is 12.1 Å². The van der Waals surface area contributed by atoms with Crippen molar-refractivity contribution >= 4 is 11.6 Å². The van der Waals surface area contributed by atoms with Crippen molar-refractivity contribution < 1.29 is 23.0 Å². The first-order valence-electron chi connectivity index (χ1n) is 10.6. The second-order valence-corrected chi connectivity index (χ2v) is 7.51. The third-order valence-corrected chi connectivity index (χ3v) is 5.28. The van der Waals surface area contributed by atoms with Gasteiger partial charge in [-0.2, -0.15) is 8.78 Å². The second kappa shape index (κ2) is 11.9. The van der Waals surface area contributed by atoms with Crippen LogP contribution in [0.4, 0.5) is 14.5 Å². The Kier molecular flexibility index (Phi) is 8.95. The molecule has 1 aromatic rings. The minimum atomic E-state index is -2.81. The summed E-state index contributed by atoms with van der Waals surface area (Å²) in [7, 11) is 1.75. The molecule has 0 radical (unpaired) electrons. The summed E-state index contributed by atoms with van der Waals surface area (Å²) >= 11 is 0. The molecule has 2 saturated heterocycles. The molecular weight excluding hydrogens is 394 g/mol. The topological polar surface area (TPSA) is 67.4 Å². The first-order chi connectivity index (χ1) is 14.6. The van der Waals surface area contributed by atoms with Crippen LogP contribution in [0.5, 0.6) is 5.75 Å². The van der Waals surface area contributed by atoms with Gasteiger partial charge in [0.2, 0.25) is 0 Å². The van der Waals surface area contributed by atoms with Gasteiger partial charge in [0.05, 0.1) is 19.3 Å². The van der Waals surface area contributed by atoms with Gasteiger partial charge in [-0.25, -0.2) is 0 Å². The number of halogens is 2. The van der Waals surface area contributed by atoms with E-state index in [0.717, 1.165) is 57.0 Å². The Morgan fingerprint density at radius 1 is 1.27 bits per heavy atom. The summed E-state index contributed by atoms with van der Waals surface area (Å²) in [6.45, 7) is 1.70. The molecule has 30 heavy (non-hydrogen) atoms. The number of aliphatic imine (C=N–C) groups is 1. The molecule has 2 N–H and O–H groups in total. The van der Waals surface area contributed by atoms with E-state index >= 15 is 0 Å². The van der Waals surface area contributed by atoms with E-state index in [4.69, 9.17) is 9.47 Å². The molecule has 2 fully saturated rings. The highest BCUT2D eigenvalue weighted by Crippen LogP contribution is 2.23. The number of alkyl halides is 2. The molecule has 7 nitrogen and oxygen atoms in total. The summed E-state index contributed by atoms with van der Waals surface area (Å²) < 4.78 is 40.3. The molecule has 0 amide bonds. The maximum Gasteiger partial charge on any atom is 0.387 e. The molecule has 9 heteroatoms. The van der Waals surface area contributed by atoms with Gasteiger partial charge in [0.1, 0.15) is 5.75 Å². The van der Waals surface area contributed by atoms with Gasteiger partial charge in [-0.05, 0) is 49.9 Å². The van der Waals surface area contributed by atoms with E-state index in [2.05, 4.69) is 25.3 Å². The highest BCUT2D eigenvalue weighted by atomic mass is 19.3. The van der Waals surface area contributed by atoms with Crippen molar-refractivity contribution in [3.8, 4) is 5.75 Å². The minimum absolute atomic E-state index is 0.173. The zero-order valence-corrected chi connectivity index (χ0v) is 17.5. The number of anilines is 1. The van der Waals surface area contributed by atoms with Crippen molar-refractivity contribution in [2.45, 2.75) is 44.4 Å². The molecule has 2 atom stereocenters. The average molecular weight is 427 g/mol. The lowest BCUT2D eigenvalue weighted by molar-refractivity contribution is -0.0498. The summed E-state index contributed by atoms with van der Waals surface area (Å²) in [5.74, 6) is 0.926. The average Bonchev–Trinajstić information content (AvgIpc) is 3.26. The molecule has 0 bridgehead atoms. The Morgan fingerprint density at radius 2 is 2.10 bits per heavy atom. The fourth-order valence-corrected chi connectivity index (χ4v) is 3.79. The van der Waals surface area contributed by atoms with E-state index in [0.29, 0.717) is 19.8 Å².